The number of thioether (sulfide) groups is 1. The molecule has 4 nitrogen and oxygen atoms in total. The van der Waals surface area contributed by atoms with Gasteiger partial charge in [-0.3, -0.25) is 20.1 Å². The van der Waals surface area contributed by atoms with Crippen LogP contribution in [0.25, 0.3) is 6.08 Å². The Morgan fingerprint density at radius 1 is 1.23 bits per heavy atom. The lowest BCUT2D eigenvalue weighted by Crippen LogP contribution is -2.28. The van der Waals surface area contributed by atoms with Gasteiger partial charge in [0.1, 0.15) is 0 Å². The number of hydrogen-bond acceptors (Lipinski definition) is 4. The molecule has 1 fully saturated rings. The molecule has 3 rings (SSSR count). The monoisotopic (exact) mass is 349 g/mol. The van der Waals surface area contributed by atoms with E-state index in [1.807, 2.05) is 6.07 Å². The molecule has 1 aliphatic rings. The Morgan fingerprint density at radius 3 is 2.73 bits per heavy atom. The zero-order chi connectivity index (χ0) is 15.7. The van der Waals surface area contributed by atoms with Crippen LogP contribution < -0.4 is 4.90 Å². The third-order valence-electron chi connectivity index (χ3n) is 2.97. The summed E-state index contributed by atoms with van der Waals surface area (Å²) in [6, 6.07) is 8.48. The number of rotatable bonds is 2. The molecule has 7 heteroatoms. The highest BCUT2D eigenvalue weighted by atomic mass is 35.5. The van der Waals surface area contributed by atoms with Gasteiger partial charge in [-0.25, -0.2) is 0 Å². The highest BCUT2D eigenvalue weighted by Gasteiger charge is 2.33. The maximum Gasteiger partial charge on any atom is 0.271 e. The lowest BCUT2D eigenvalue weighted by Gasteiger charge is -2.14. The lowest BCUT2D eigenvalue weighted by atomic mass is 10.2. The molecule has 2 heterocycles. The van der Waals surface area contributed by atoms with Gasteiger partial charge in [-0.15, -0.1) is 0 Å². The number of hydrogen-bond donors (Lipinski definition) is 1. The molecule has 1 aliphatic heterocycles. The maximum atomic E-state index is 12.5. The Morgan fingerprint density at radius 2 is 2.05 bits per heavy atom. The van der Waals surface area contributed by atoms with Crippen molar-refractivity contribution in [2.24, 2.45) is 0 Å². The maximum absolute atomic E-state index is 12.5. The minimum atomic E-state index is -0.266. The van der Waals surface area contributed by atoms with E-state index in [2.05, 4.69) is 4.98 Å². The number of halogens is 2. The highest BCUT2D eigenvalue weighted by molar-refractivity contribution is 8.19. The van der Waals surface area contributed by atoms with E-state index in [4.69, 9.17) is 28.6 Å². The fourth-order valence-electron chi connectivity index (χ4n) is 1.96. The molecule has 0 atom stereocenters. The van der Waals surface area contributed by atoms with Gasteiger partial charge in [0, 0.05) is 12.4 Å². The normalized spacial score (nSPS) is 16.6. The van der Waals surface area contributed by atoms with Crippen LogP contribution in [-0.4, -0.2) is 16.1 Å². The van der Waals surface area contributed by atoms with Crippen LogP contribution in [0.15, 0.2) is 47.6 Å². The number of carbonyl (C=O) groups is 1. The molecule has 0 spiro atoms. The fraction of sp³-hybridized carbons (Fsp3) is 0. The Labute approximate surface area is 141 Å². The van der Waals surface area contributed by atoms with E-state index in [9.17, 15) is 4.79 Å². The highest BCUT2D eigenvalue weighted by Crippen LogP contribution is 2.37. The predicted octanol–water partition coefficient (Wildman–Crippen LogP) is 4.44. The molecule has 1 N–H and O–H groups in total. The molecular weight excluding hydrogens is 341 g/mol. The van der Waals surface area contributed by atoms with Crippen molar-refractivity contribution in [2.75, 3.05) is 4.90 Å². The molecule has 110 valence electrons. The largest absolute Gasteiger partial charge is 0.278 e. The van der Waals surface area contributed by atoms with E-state index in [0.717, 1.165) is 17.3 Å². The zero-order valence-corrected chi connectivity index (χ0v) is 13.4. The van der Waals surface area contributed by atoms with E-state index >= 15 is 0 Å². The van der Waals surface area contributed by atoms with E-state index in [1.165, 1.54) is 4.90 Å². The number of benzene rings is 1. The predicted molar refractivity (Wildman–Crippen MR) is 91.5 cm³/mol. The van der Waals surface area contributed by atoms with Crippen LogP contribution in [-0.2, 0) is 4.79 Å². The van der Waals surface area contributed by atoms with Crippen LogP contribution in [0, 0.1) is 5.41 Å². The zero-order valence-electron chi connectivity index (χ0n) is 11.1. The number of amides is 1. The van der Waals surface area contributed by atoms with Crippen molar-refractivity contribution >= 4 is 57.8 Å². The van der Waals surface area contributed by atoms with E-state index in [0.29, 0.717) is 20.6 Å². The van der Waals surface area contributed by atoms with Gasteiger partial charge in [0.2, 0.25) is 0 Å². The summed E-state index contributed by atoms with van der Waals surface area (Å²) in [6.45, 7) is 0. The van der Waals surface area contributed by atoms with Gasteiger partial charge in [-0.1, -0.05) is 29.3 Å². The van der Waals surface area contributed by atoms with Gasteiger partial charge >= 0.3 is 0 Å². The average molecular weight is 350 g/mol. The Balaban J connectivity index is 1.95. The second-order valence-electron chi connectivity index (χ2n) is 4.44. The molecule has 0 saturated carbocycles. The van der Waals surface area contributed by atoms with Crippen molar-refractivity contribution in [3.05, 3.63) is 63.2 Å². The van der Waals surface area contributed by atoms with Crippen molar-refractivity contribution in [3.8, 4) is 0 Å². The molecule has 2 aromatic rings. The van der Waals surface area contributed by atoms with Gasteiger partial charge in [-0.2, -0.15) is 0 Å². The number of anilines is 1. The third kappa shape index (κ3) is 2.88. The van der Waals surface area contributed by atoms with Crippen molar-refractivity contribution in [1.29, 1.82) is 5.41 Å². The fourth-order valence-corrected chi connectivity index (χ4v) is 3.11. The third-order valence-corrected chi connectivity index (χ3v) is 4.59. The van der Waals surface area contributed by atoms with E-state index < -0.39 is 0 Å². The summed E-state index contributed by atoms with van der Waals surface area (Å²) in [5.41, 5.74) is 1.33. The first-order chi connectivity index (χ1) is 10.6. The molecule has 22 heavy (non-hydrogen) atoms. The molecule has 1 aromatic carbocycles. The SMILES string of the molecule is N=C1S/C(=C\c2cccnc2)C(=O)N1c1ccc(Cl)c(Cl)c1. The van der Waals surface area contributed by atoms with Crippen molar-refractivity contribution in [3.63, 3.8) is 0 Å². The number of aromatic nitrogens is 1. The quantitative estimate of drug-likeness (QED) is 0.815. The van der Waals surface area contributed by atoms with Crippen molar-refractivity contribution < 1.29 is 4.79 Å². The van der Waals surface area contributed by atoms with Gasteiger partial charge in [0.05, 0.1) is 20.6 Å². The second-order valence-corrected chi connectivity index (χ2v) is 6.29. The van der Waals surface area contributed by atoms with Gasteiger partial charge in [0.25, 0.3) is 5.91 Å². The number of nitrogens with zero attached hydrogens (tertiary/aromatic N) is 2. The van der Waals surface area contributed by atoms with Crippen LogP contribution in [0.4, 0.5) is 5.69 Å². The summed E-state index contributed by atoms with van der Waals surface area (Å²) < 4.78 is 0. The topological polar surface area (TPSA) is 57.1 Å². The minimum absolute atomic E-state index is 0.124. The first-order valence-electron chi connectivity index (χ1n) is 6.24. The molecule has 0 bridgehead atoms. The van der Waals surface area contributed by atoms with Gasteiger partial charge in [0.15, 0.2) is 5.17 Å². The van der Waals surface area contributed by atoms with E-state index in [1.54, 1.807) is 42.7 Å². The summed E-state index contributed by atoms with van der Waals surface area (Å²) in [6.07, 6.45) is 5.04. The van der Waals surface area contributed by atoms with Crippen LogP contribution in [0.2, 0.25) is 10.0 Å². The van der Waals surface area contributed by atoms with Crippen LogP contribution in [0.3, 0.4) is 0 Å². The van der Waals surface area contributed by atoms with Crippen molar-refractivity contribution in [2.45, 2.75) is 0 Å². The molecule has 0 radical (unpaired) electrons. The summed E-state index contributed by atoms with van der Waals surface area (Å²) in [5.74, 6) is -0.266. The standard InChI is InChI=1S/C15H9Cl2N3OS/c16-11-4-3-10(7-12(11)17)20-14(21)13(22-15(20)18)6-9-2-1-5-19-8-9/h1-8,18H/b13-6-,18-15?. The Hall–Kier alpha value is -1.82. The summed E-state index contributed by atoms with van der Waals surface area (Å²) in [5, 5.41) is 8.90. The molecule has 1 aromatic heterocycles. The first-order valence-corrected chi connectivity index (χ1v) is 7.81. The first kappa shape index (κ1) is 15.1. The molecule has 0 aliphatic carbocycles. The summed E-state index contributed by atoms with van der Waals surface area (Å²) in [4.78, 5) is 18.3. The van der Waals surface area contributed by atoms with Crippen LogP contribution >= 0.6 is 35.0 Å². The number of amidine groups is 1. The number of nitrogens with one attached hydrogen (secondary N) is 1. The Kier molecular flexibility index (Phi) is 4.20. The van der Waals surface area contributed by atoms with Gasteiger partial charge in [-0.05, 0) is 47.7 Å². The number of carbonyl (C=O) groups excluding carboxylic acids is 1. The molecule has 0 unspecified atom stereocenters. The van der Waals surface area contributed by atoms with Crippen LogP contribution in [0.5, 0.6) is 0 Å². The summed E-state index contributed by atoms with van der Waals surface area (Å²) in [7, 11) is 0. The van der Waals surface area contributed by atoms with Crippen LogP contribution in [0.1, 0.15) is 5.56 Å². The van der Waals surface area contributed by atoms with E-state index in [-0.39, 0.29) is 11.1 Å². The van der Waals surface area contributed by atoms with Crippen molar-refractivity contribution in [1.82, 2.24) is 4.98 Å². The molecule has 1 saturated heterocycles. The lowest BCUT2D eigenvalue weighted by molar-refractivity contribution is -0.113. The summed E-state index contributed by atoms with van der Waals surface area (Å²) >= 11 is 13.0. The minimum Gasteiger partial charge on any atom is -0.278 e. The van der Waals surface area contributed by atoms with Gasteiger partial charge < -0.3 is 0 Å². The number of pyridine rings is 1. The second kappa shape index (κ2) is 6.12. The average Bonchev–Trinajstić information content (AvgIpc) is 2.78. The smallest absolute Gasteiger partial charge is 0.271 e. The Bertz CT molecular complexity index is 793. The molecular formula is C15H9Cl2N3OS. The molecule has 1 amide bonds.